The van der Waals surface area contributed by atoms with Crippen LogP contribution in [-0.2, 0) is 6.42 Å². The lowest BCUT2D eigenvalue weighted by molar-refractivity contribution is 0.290. The normalized spacial score (nSPS) is 11.6. The third kappa shape index (κ3) is 10.6. The first-order valence-electron chi connectivity index (χ1n) is 13.1. The van der Waals surface area contributed by atoms with Gasteiger partial charge in [0.15, 0.2) is 5.82 Å². The van der Waals surface area contributed by atoms with Crippen LogP contribution in [0, 0.1) is 5.41 Å². The van der Waals surface area contributed by atoms with Gasteiger partial charge in [-0.1, -0.05) is 85.5 Å². The second kappa shape index (κ2) is 15.0. The van der Waals surface area contributed by atoms with Gasteiger partial charge in [0, 0.05) is 18.0 Å². The van der Waals surface area contributed by atoms with Crippen LogP contribution in [0.2, 0.25) is 0 Å². The second-order valence-corrected chi connectivity index (χ2v) is 9.99. The highest BCUT2D eigenvalue weighted by Gasteiger charge is 2.13. The summed E-state index contributed by atoms with van der Waals surface area (Å²) in [7, 11) is 0. The summed E-state index contributed by atoms with van der Waals surface area (Å²) in [5.41, 5.74) is 2.78. The fraction of sp³-hybridized carbons (Fsp3) is 0.655. The minimum atomic E-state index is 0.496. The molecule has 0 saturated carbocycles. The van der Waals surface area contributed by atoms with E-state index in [2.05, 4.69) is 49.8 Å². The van der Waals surface area contributed by atoms with Crippen molar-refractivity contribution in [3.63, 3.8) is 0 Å². The maximum Gasteiger partial charge on any atom is 0.159 e. The van der Waals surface area contributed by atoms with Crippen molar-refractivity contribution in [2.75, 3.05) is 6.61 Å². The molecule has 0 radical (unpaired) electrons. The van der Waals surface area contributed by atoms with E-state index in [1.165, 1.54) is 76.2 Å². The number of unbranched alkanes of at least 4 members (excludes halogenated alkanes) is 8. The quantitative estimate of drug-likeness (QED) is 0.231. The monoisotopic (exact) mass is 438 g/mol. The third-order valence-corrected chi connectivity index (χ3v) is 6.61. The molecule has 1 aromatic carbocycles. The minimum Gasteiger partial charge on any atom is -0.494 e. The Hall–Kier alpha value is -1.90. The van der Waals surface area contributed by atoms with Crippen LogP contribution in [0.4, 0.5) is 0 Å². The van der Waals surface area contributed by atoms with Crippen molar-refractivity contribution in [2.24, 2.45) is 5.41 Å². The van der Waals surface area contributed by atoms with Crippen LogP contribution in [0.3, 0.4) is 0 Å². The van der Waals surface area contributed by atoms with Gasteiger partial charge in [0.2, 0.25) is 0 Å². The summed E-state index contributed by atoms with van der Waals surface area (Å²) in [5, 5.41) is 0. The van der Waals surface area contributed by atoms with Crippen LogP contribution in [0.15, 0.2) is 36.7 Å². The molecular weight excluding hydrogens is 392 g/mol. The second-order valence-electron chi connectivity index (χ2n) is 9.99. The number of nitrogens with zero attached hydrogens (tertiary/aromatic N) is 2. The number of ether oxygens (including phenoxy) is 1. The molecule has 0 N–H and O–H groups in total. The van der Waals surface area contributed by atoms with Gasteiger partial charge >= 0.3 is 0 Å². The smallest absolute Gasteiger partial charge is 0.159 e. The molecule has 1 aromatic heterocycles. The standard InChI is InChI=1S/C29H46N2O/c1-5-7-8-9-10-13-16-25-23-30-28(31-24-25)26-17-19-27(20-18-26)32-22-15-12-11-14-21-29(3,4)6-2/h17-20,23-24H,5-16,21-22H2,1-4H3. The van der Waals surface area contributed by atoms with Crippen molar-refractivity contribution in [3.05, 3.63) is 42.2 Å². The van der Waals surface area contributed by atoms with E-state index in [0.717, 1.165) is 36.6 Å². The van der Waals surface area contributed by atoms with Crippen molar-refractivity contribution in [1.29, 1.82) is 0 Å². The van der Waals surface area contributed by atoms with Crippen molar-refractivity contribution in [3.8, 4) is 17.1 Å². The van der Waals surface area contributed by atoms with Crippen LogP contribution < -0.4 is 4.74 Å². The first kappa shape index (κ1) is 26.4. The third-order valence-electron chi connectivity index (χ3n) is 6.61. The Morgan fingerprint density at radius 2 is 1.38 bits per heavy atom. The van der Waals surface area contributed by atoms with Crippen LogP contribution in [0.5, 0.6) is 5.75 Å². The van der Waals surface area contributed by atoms with Gasteiger partial charge in [-0.2, -0.15) is 0 Å². The van der Waals surface area contributed by atoms with Crippen LogP contribution >= 0.6 is 0 Å². The molecule has 0 unspecified atom stereocenters. The van der Waals surface area contributed by atoms with E-state index in [1.54, 1.807) is 0 Å². The molecule has 178 valence electrons. The van der Waals surface area contributed by atoms with Crippen LogP contribution in [-0.4, -0.2) is 16.6 Å². The van der Waals surface area contributed by atoms with Crippen molar-refractivity contribution in [2.45, 2.75) is 111 Å². The highest BCUT2D eigenvalue weighted by Crippen LogP contribution is 2.27. The summed E-state index contributed by atoms with van der Waals surface area (Å²) >= 11 is 0. The lowest BCUT2D eigenvalue weighted by Crippen LogP contribution is -2.08. The number of hydrogen-bond acceptors (Lipinski definition) is 3. The summed E-state index contributed by atoms with van der Waals surface area (Å²) in [6.45, 7) is 10.1. The highest BCUT2D eigenvalue weighted by molar-refractivity contribution is 5.55. The fourth-order valence-electron chi connectivity index (χ4n) is 3.87. The zero-order valence-corrected chi connectivity index (χ0v) is 21.2. The summed E-state index contributed by atoms with van der Waals surface area (Å²) in [5.74, 6) is 1.72. The zero-order chi connectivity index (χ0) is 23.1. The van der Waals surface area contributed by atoms with Crippen molar-refractivity contribution < 1.29 is 4.74 Å². The van der Waals surface area contributed by atoms with E-state index in [0.29, 0.717) is 5.41 Å². The Labute approximate surface area is 197 Å². The molecule has 2 rings (SSSR count). The zero-order valence-electron chi connectivity index (χ0n) is 21.2. The molecule has 2 aromatic rings. The van der Waals surface area contributed by atoms with E-state index in [4.69, 9.17) is 4.74 Å². The largest absolute Gasteiger partial charge is 0.494 e. The first-order chi connectivity index (χ1) is 15.5. The molecule has 0 saturated heterocycles. The summed E-state index contributed by atoms with van der Waals surface area (Å²) in [6.07, 6.45) is 20.6. The van der Waals surface area contributed by atoms with Gasteiger partial charge in [-0.25, -0.2) is 9.97 Å². The molecule has 0 bridgehead atoms. The molecule has 0 aliphatic rings. The van der Waals surface area contributed by atoms with Gasteiger partial charge in [-0.3, -0.25) is 0 Å². The number of aromatic nitrogens is 2. The summed E-state index contributed by atoms with van der Waals surface area (Å²) in [6, 6.07) is 8.19. The number of benzene rings is 1. The van der Waals surface area contributed by atoms with Gasteiger partial charge in [0.25, 0.3) is 0 Å². The highest BCUT2D eigenvalue weighted by atomic mass is 16.5. The molecule has 3 nitrogen and oxygen atoms in total. The van der Waals surface area contributed by atoms with Crippen LogP contribution in [0.1, 0.15) is 110 Å². The Balaban J connectivity index is 1.64. The van der Waals surface area contributed by atoms with Crippen molar-refractivity contribution in [1.82, 2.24) is 9.97 Å². The Kier molecular flexibility index (Phi) is 12.4. The average Bonchev–Trinajstić information content (AvgIpc) is 2.81. The first-order valence-corrected chi connectivity index (χ1v) is 13.1. The molecule has 0 aliphatic carbocycles. The fourth-order valence-corrected chi connectivity index (χ4v) is 3.87. The maximum atomic E-state index is 5.92. The maximum absolute atomic E-state index is 5.92. The molecule has 0 aliphatic heterocycles. The Bertz CT molecular complexity index is 722. The molecular formula is C29H46N2O. The SMILES string of the molecule is CCCCCCCCc1cnc(-c2ccc(OCCCCCCC(C)(C)CC)cc2)nc1. The minimum absolute atomic E-state index is 0.496. The average molecular weight is 439 g/mol. The predicted octanol–water partition coefficient (Wildman–Crippen LogP) is 8.81. The topological polar surface area (TPSA) is 35.0 Å². The van der Waals surface area contributed by atoms with Gasteiger partial charge in [-0.15, -0.1) is 0 Å². The van der Waals surface area contributed by atoms with Gasteiger partial charge in [-0.05, 0) is 60.9 Å². The van der Waals surface area contributed by atoms with Crippen molar-refractivity contribution >= 4 is 0 Å². The van der Waals surface area contributed by atoms with E-state index in [1.807, 2.05) is 24.5 Å². The molecule has 1 heterocycles. The van der Waals surface area contributed by atoms with Gasteiger partial charge in [0.1, 0.15) is 5.75 Å². The predicted molar refractivity (Wildman–Crippen MR) is 137 cm³/mol. The van der Waals surface area contributed by atoms with E-state index in [-0.39, 0.29) is 0 Å². The van der Waals surface area contributed by atoms with E-state index >= 15 is 0 Å². The lowest BCUT2D eigenvalue weighted by Gasteiger charge is -2.22. The summed E-state index contributed by atoms with van der Waals surface area (Å²) < 4.78 is 5.92. The van der Waals surface area contributed by atoms with E-state index in [9.17, 15) is 0 Å². The molecule has 0 fully saturated rings. The molecule has 0 spiro atoms. The van der Waals surface area contributed by atoms with Gasteiger partial charge in [0.05, 0.1) is 6.61 Å². The Morgan fingerprint density at radius 3 is 2.06 bits per heavy atom. The molecule has 0 atom stereocenters. The number of rotatable bonds is 17. The van der Waals surface area contributed by atoms with Crippen LogP contribution in [0.25, 0.3) is 11.4 Å². The Morgan fingerprint density at radius 1 is 0.750 bits per heavy atom. The molecule has 32 heavy (non-hydrogen) atoms. The molecule has 3 heteroatoms. The van der Waals surface area contributed by atoms with Gasteiger partial charge < -0.3 is 4.74 Å². The van der Waals surface area contributed by atoms with E-state index < -0.39 is 0 Å². The number of aryl methyl sites for hydroxylation is 1. The molecule has 0 amide bonds. The lowest BCUT2D eigenvalue weighted by atomic mass is 9.84. The number of hydrogen-bond donors (Lipinski definition) is 0. The summed E-state index contributed by atoms with van der Waals surface area (Å²) in [4.78, 5) is 9.16.